The molecule has 0 aromatic heterocycles. The van der Waals surface area contributed by atoms with Crippen LogP contribution < -0.4 is 14.9 Å². The van der Waals surface area contributed by atoms with Crippen molar-refractivity contribution in [2.45, 2.75) is 37.1 Å². The van der Waals surface area contributed by atoms with Gasteiger partial charge in [0.05, 0.1) is 11.9 Å². The zero-order chi connectivity index (χ0) is 18.9. The molecule has 2 fully saturated rings. The Morgan fingerprint density at radius 1 is 1.38 bits per heavy atom. The molecule has 1 atom stereocenters. The van der Waals surface area contributed by atoms with E-state index in [-0.39, 0.29) is 23.6 Å². The van der Waals surface area contributed by atoms with Gasteiger partial charge in [0, 0.05) is 18.5 Å². The zero-order valence-corrected chi connectivity index (χ0v) is 15.3. The van der Waals surface area contributed by atoms with Crippen molar-refractivity contribution >= 4 is 28.0 Å². The molecule has 0 bridgehead atoms. The van der Waals surface area contributed by atoms with Gasteiger partial charge in [-0.25, -0.2) is 17.5 Å². The SMILES string of the molecule is CS(=O)(=O)NCC1(c2ccc(N3CCCC(NC=O)C3=O)c(F)c2)CC1. The van der Waals surface area contributed by atoms with Crippen LogP contribution in [-0.2, 0) is 25.0 Å². The van der Waals surface area contributed by atoms with Gasteiger partial charge in [0.25, 0.3) is 0 Å². The molecule has 2 amide bonds. The van der Waals surface area contributed by atoms with E-state index in [1.165, 1.54) is 11.0 Å². The highest BCUT2D eigenvalue weighted by atomic mass is 32.2. The van der Waals surface area contributed by atoms with Gasteiger partial charge >= 0.3 is 0 Å². The third-order valence-corrected chi connectivity index (χ3v) is 5.75. The van der Waals surface area contributed by atoms with Gasteiger partial charge in [0.2, 0.25) is 22.3 Å². The number of carbonyl (C=O) groups is 2. The topological polar surface area (TPSA) is 95.6 Å². The summed E-state index contributed by atoms with van der Waals surface area (Å²) >= 11 is 0. The van der Waals surface area contributed by atoms with Crippen LogP contribution in [0.5, 0.6) is 0 Å². The Morgan fingerprint density at radius 3 is 2.69 bits per heavy atom. The Hall–Kier alpha value is -2.00. The van der Waals surface area contributed by atoms with Gasteiger partial charge in [-0.05, 0) is 43.4 Å². The van der Waals surface area contributed by atoms with Crippen LogP contribution in [0.15, 0.2) is 18.2 Å². The maximum atomic E-state index is 14.7. The van der Waals surface area contributed by atoms with Gasteiger partial charge < -0.3 is 10.2 Å². The van der Waals surface area contributed by atoms with Crippen molar-refractivity contribution in [1.29, 1.82) is 0 Å². The quantitative estimate of drug-likeness (QED) is 0.676. The van der Waals surface area contributed by atoms with E-state index < -0.39 is 21.9 Å². The molecule has 0 radical (unpaired) electrons. The van der Waals surface area contributed by atoms with E-state index in [9.17, 15) is 22.4 Å². The third kappa shape index (κ3) is 3.88. The van der Waals surface area contributed by atoms with Crippen molar-refractivity contribution in [2.75, 3.05) is 24.2 Å². The normalized spacial score (nSPS) is 22.2. The molecule has 1 heterocycles. The number of hydrogen-bond donors (Lipinski definition) is 2. The summed E-state index contributed by atoms with van der Waals surface area (Å²) in [4.78, 5) is 24.4. The fraction of sp³-hybridized carbons (Fsp3) is 0.529. The summed E-state index contributed by atoms with van der Waals surface area (Å²) in [6, 6.07) is 4.07. The summed E-state index contributed by atoms with van der Waals surface area (Å²) in [5, 5.41) is 2.47. The van der Waals surface area contributed by atoms with Gasteiger partial charge in [-0.1, -0.05) is 6.07 Å². The van der Waals surface area contributed by atoms with Gasteiger partial charge in [0.15, 0.2) is 0 Å². The minimum absolute atomic E-state index is 0.183. The summed E-state index contributed by atoms with van der Waals surface area (Å²) in [6.45, 7) is 0.630. The van der Waals surface area contributed by atoms with E-state index in [0.29, 0.717) is 25.8 Å². The Balaban J connectivity index is 1.80. The van der Waals surface area contributed by atoms with Crippen LogP contribution in [0.2, 0.25) is 0 Å². The summed E-state index contributed by atoms with van der Waals surface area (Å²) < 4.78 is 39.9. The van der Waals surface area contributed by atoms with E-state index in [1.807, 2.05) is 0 Å². The number of nitrogens with zero attached hydrogens (tertiary/aromatic N) is 1. The van der Waals surface area contributed by atoms with Crippen molar-refractivity contribution in [2.24, 2.45) is 0 Å². The van der Waals surface area contributed by atoms with E-state index in [0.717, 1.165) is 24.7 Å². The Labute approximate surface area is 152 Å². The molecule has 26 heavy (non-hydrogen) atoms. The van der Waals surface area contributed by atoms with E-state index >= 15 is 0 Å². The molecule has 9 heteroatoms. The van der Waals surface area contributed by atoms with Gasteiger partial charge in [0.1, 0.15) is 11.9 Å². The summed E-state index contributed by atoms with van der Waals surface area (Å²) in [7, 11) is -3.31. The summed E-state index contributed by atoms with van der Waals surface area (Å²) in [5.41, 5.74) is 0.528. The third-order valence-electron chi connectivity index (χ3n) is 5.09. The number of nitrogens with one attached hydrogen (secondary N) is 2. The molecule has 1 aromatic rings. The summed E-state index contributed by atoms with van der Waals surface area (Å²) in [6.07, 6.45) is 4.34. The maximum absolute atomic E-state index is 14.7. The largest absolute Gasteiger partial charge is 0.347 e. The number of anilines is 1. The van der Waals surface area contributed by atoms with Gasteiger partial charge in [-0.3, -0.25) is 9.59 Å². The zero-order valence-electron chi connectivity index (χ0n) is 14.5. The molecular weight excluding hydrogens is 361 g/mol. The Bertz CT molecular complexity index is 823. The van der Waals surface area contributed by atoms with Crippen molar-refractivity contribution in [1.82, 2.24) is 10.0 Å². The molecule has 2 aliphatic rings. The first kappa shape index (κ1) is 18.8. The van der Waals surface area contributed by atoms with Gasteiger partial charge in [-0.2, -0.15) is 0 Å². The monoisotopic (exact) mass is 383 g/mol. The van der Waals surface area contributed by atoms with Crippen molar-refractivity contribution in [3.05, 3.63) is 29.6 Å². The first-order valence-corrected chi connectivity index (χ1v) is 10.4. The van der Waals surface area contributed by atoms with Crippen molar-refractivity contribution in [3.63, 3.8) is 0 Å². The average molecular weight is 383 g/mol. The smallest absolute Gasteiger partial charge is 0.249 e. The second-order valence-corrected chi connectivity index (χ2v) is 8.84. The molecule has 1 saturated heterocycles. The van der Waals surface area contributed by atoms with E-state index in [1.54, 1.807) is 12.1 Å². The number of piperidine rings is 1. The number of carbonyl (C=O) groups excluding carboxylic acids is 2. The van der Waals surface area contributed by atoms with E-state index in [2.05, 4.69) is 10.0 Å². The lowest BCUT2D eigenvalue weighted by Gasteiger charge is -2.32. The first-order chi connectivity index (χ1) is 12.3. The van der Waals surface area contributed by atoms with Crippen molar-refractivity contribution < 1.29 is 22.4 Å². The number of benzene rings is 1. The summed E-state index contributed by atoms with van der Waals surface area (Å²) in [5.74, 6) is -0.844. The first-order valence-electron chi connectivity index (χ1n) is 8.51. The molecule has 1 saturated carbocycles. The number of halogens is 1. The molecule has 2 N–H and O–H groups in total. The predicted octanol–water partition coefficient (Wildman–Crippen LogP) is 0.648. The fourth-order valence-corrected chi connectivity index (χ4v) is 3.93. The minimum Gasteiger partial charge on any atom is -0.347 e. The van der Waals surface area contributed by atoms with Crippen LogP contribution in [0.25, 0.3) is 0 Å². The molecule has 1 aliphatic heterocycles. The number of sulfonamides is 1. The molecule has 1 aliphatic carbocycles. The molecule has 1 unspecified atom stereocenters. The minimum atomic E-state index is -3.31. The van der Waals surface area contributed by atoms with Crippen LogP contribution in [-0.4, -0.2) is 46.1 Å². The average Bonchev–Trinajstić information content (AvgIpc) is 3.36. The van der Waals surface area contributed by atoms with Gasteiger partial charge in [-0.15, -0.1) is 0 Å². The Kier molecular flexibility index (Phi) is 5.03. The molecule has 0 spiro atoms. The fourth-order valence-electron chi connectivity index (χ4n) is 3.39. The molecular formula is C17H22FN3O4S. The second-order valence-electron chi connectivity index (χ2n) is 7.01. The lowest BCUT2D eigenvalue weighted by atomic mass is 9.95. The maximum Gasteiger partial charge on any atom is 0.249 e. The number of hydrogen-bond acceptors (Lipinski definition) is 4. The standard InChI is InChI=1S/C17H22FN3O4S/c1-26(24,25)20-10-17(6-7-17)12-4-5-15(13(18)9-12)21-8-2-3-14(16(21)23)19-11-22/h4-5,9,11,14,20H,2-3,6-8,10H2,1H3,(H,19,22). The lowest BCUT2D eigenvalue weighted by Crippen LogP contribution is -2.50. The second kappa shape index (κ2) is 6.96. The van der Waals surface area contributed by atoms with E-state index in [4.69, 9.17) is 0 Å². The molecule has 7 nitrogen and oxygen atoms in total. The highest BCUT2D eigenvalue weighted by Crippen LogP contribution is 2.48. The van der Waals surface area contributed by atoms with Crippen LogP contribution in [0.4, 0.5) is 10.1 Å². The highest BCUT2D eigenvalue weighted by molar-refractivity contribution is 7.88. The number of rotatable bonds is 7. The van der Waals surface area contributed by atoms with Crippen molar-refractivity contribution in [3.8, 4) is 0 Å². The molecule has 1 aromatic carbocycles. The van der Waals surface area contributed by atoms with Crippen LogP contribution in [0, 0.1) is 5.82 Å². The highest BCUT2D eigenvalue weighted by Gasteiger charge is 2.45. The molecule has 142 valence electrons. The lowest BCUT2D eigenvalue weighted by molar-refractivity contribution is -0.124. The Morgan fingerprint density at radius 2 is 2.12 bits per heavy atom. The molecule has 3 rings (SSSR count). The predicted molar refractivity (Wildman–Crippen MR) is 94.7 cm³/mol. The number of amides is 2. The van der Waals surface area contributed by atoms with Crippen LogP contribution in [0.1, 0.15) is 31.2 Å². The van der Waals surface area contributed by atoms with Crippen LogP contribution in [0.3, 0.4) is 0 Å². The van der Waals surface area contributed by atoms with Crippen LogP contribution >= 0.6 is 0 Å².